The number of benzene rings is 1. The number of hydrogen-bond donors (Lipinski definition) is 1. The summed E-state index contributed by atoms with van der Waals surface area (Å²) in [6.45, 7) is 1.94. The number of nitrogens with two attached hydrogens (primary N) is 1. The van der Waals surface area contributed by atoms with Gasteiger partial charge in [0, 0.05) is 17.7 Å². The molecule has 0 bridgehead atoms. The summed E-state index contributed by atoms with van der Waals surface area (Å²) in [5.41, 5.74) is 5.65. The zero-order valence-corrected chi connectivity index (χ0v) is 8.93. The molecule has 0 aliphatic carbocycles. The van der Waals surface area contributed by atoms with Gasteiger partial charge in [-0.2, -0.15) is 0 Å². The molecule has 0 aromatic heterocycles. The first kappa shape index (κ1) is 12.4. The highest BCUT2D eigenvalue weighted by Gasteiger charge is 2.13. The largest absolute Gasteiger partial charge is 0.466 e. The zero-order chi connectivity index (χ0) is 12.1. The molecule has 3 nitrogen and oxygen atoms in total. The quantitative estimate of drug-likeness (QED) is 0.635. The average Bonchev–Trinajstić information content (AvgIpc) is 2.24. The molecule has 1 aromatic carbocycles. The molecule has 0 radical (unpaired) electrons. The number of halogens is 2. The highest BCUT2D eigenvalue weighted by Crippen LogP contribution is 2.20. The average molecular weight is 229 g/mol. The number of carbonyl (C=O) groups is 1. The van der Waals surface area contributed by atoms with E-state index in [2.05, 4.69) is 4.74 Å². The molecule has 0 heterocycles. The van der Waals surface area contributed by atoms with Crippen molar-refractivity contribution >= 4 is 11.7 Å². The van der Waals surface area contributed by atoms with Crippen LogP contribution in [-0.2, 0) is 16.0 Å². The fraction of sp³-hybridized carbons (Fsp3) is 0.364. The van der Waals surface area contributed by atoms with Crippen LogP contribution in [0.15, 0.2) is 12.1 Å². The SMILES string of the molecule is CCOC(=O)CCc1c(N)ccc(F)c1F. The molecule has 0 aliphatic rings. The minimum atomic E-state index is -0.996. The molecule has 2 N–H and O–H groups in total. The van der Waals surface area contributed by atoms with Crippen molar-refractivity contribution in [1.82, 2.24) is 0 Å². The summed E-state index contributed by atoms with van der Waals surface area (Å²) >= 11 is 0. The summed E-state index contributed by atoms with van der Waals surface area (Å²) in [6, 6.07) is 2.23. The molecule has 1 aromatic rings. The zero-order valence-electron chi connectivity index (χ0n) is 8.93. The van der Waals surface area contributed by atoms with E-state index in [1.54, 1.807) is 6.92 Å². The molecule has 0 amide bonds. The van der Waals surface area contributed by atoms with Crippen molar-refractivity contribution in [3.05, 3.63) is 29.3 Å². The van der Waals surface area contributed by atoms with E-state index in [4.69, 9.17) is 5.73 Å². The Bertz CT molecular complexity index is 394. The van der Waals surface area contributed by atoms with Gasteiger partial charge in [0.25, 0.3) is 0 Å². The number of carbonyl (C=O) groups excluding carboxylic acids is 1. The third-order valence-electron chi connectivity index (χ3n) is 2.12. The van der Waals surface area contributed by atoms with E-state index < -0.39 is 17.6 Å². The Morgan fingerprint density at radius 2 is 2.12 bits per heavy atom. The Kier molecular flexibility index (Phi) is 4.22. The first-order valence-electron chi connectivity index (χ1n) is 4.94. The normalized spacial score (nSPS) is 10.2. The van der Waals surface area contributed by atoms with E-state index in [9.17, 15) is 13.6 Å². The molecule has 1 rings (SSSR count). The summed E-state index contributed by atoms with van der Waals surface area (Å²) in [5, 5.41) is 0. The first-order chi connectivity index (χ1) is 7.56. The molecule has 0 fully saturated rings. The summed E-state index contributed by atoms with van der Waals surface area (Å²) in [5.74, 6) is -2.41. The fourth-order valence-electron chi connectivity index (χ4n) is 1.32. The van der Waals surface area contributed by atoms with Gasteiger partial charge in [0.2, 0.25) is 0 Å². The van der Waals surface area contributed by atoms with Crippen molar-refractivity contribution in [3.63, 3.8) is 0 Å². The van der Waals surface area contributed by atoms with E-state index in [0.717, 1.165) is 6.07 Å². The Morgan fingerprint density at radius 3 is 2.75 bits per heavy atom. The van der Waals surface area contributed by atoms with Crippen LogP contribution in [0.25, 0.3) is 0 Å². The second-order valence-corrected chi connectivity index (χ2v) is 3.23. The minimum Gasteiger partial charge on any atom is -0.466 e. The van der Waals surface area contributed by atoms with E-state index in [1.165, 1.54) is 6.07 Å². The summed E-state index contributed by atoms with van der Waals surface area (Å²) in [6.07, 6.45) is 0.0205. The van der Waals surface area contributed by atoms with Crippen LogP contribution in [-0.4, -0.2) is 12.6 Å². The number of anilines is 1. The molecule has 16 heavy (non-hydrogen) atoms. The van der Waals surface area contributed by atoms with Gasteiger partial charge in [0.05, 0.1) is 6.61 Å². The molecule has 0 saturated heterocycles. The molecule has 0 spiro atoms. The fourth-order valence-corrected chi connectivity index (χ4v) is 1.32. The molecule has 88 valence electrons. The predicted octanol–water partition coefficient (Wildman–Crippen LogP) is 2.04. The van der Waals surface area contributed by atoms with Gasteiger partial charge in [-0.25, -0.2) is 8.78 Å². The Hall–Kier alpha value is -1.65. The highest BCUT2D eigenvalue weighted by atomic mass is 19.2. The predicted molar refractivity (Wildman–Crippen MR) is 55.7 cm³/mol. The Balaban J connectivity index is 2.74. The topological polar surface area (TPSA) is 52.3 Å². The van der Waals surface area contributed by atoms with Gasteiger partial charge >= 0.3 is 5.97 Å². The van der Waals surface area contributed by atoms with E-state index in [-0.39, 0.29) is 30.7 Å². The third-order valence-corrected chi connectivity index (χ3v) is 2.12. The highest BCUT2D eigenvalue weighted by molar-refractivity contribution is 5.70. The summed E-state index contributed by atoms with van der Waals surface area (Å²) in [7, 11) is 0. The lowest BCUT2D eigenvalue weighted by Crippen LogP contribution is -2.08. The minimum absolute atomic E-state index is 0.0155. The Labute approximate surface area is 92.2 Å². The van der Waals surface area contributed by atoms with Crippen LogP contribution in [0.1, 0.15) is 18.9 Å². The number of esters is 1. The van der Waals surface area contributed by atoms with Crippen molar-refractivity contribution in [3.8, 4) is 0 Å². The van der Waals surface area contributed by atoms with Crippen LogP contribution in [0, 0.1) is 11.6 Å². The lowest BCUT2D eigenvalue weighted by molar-refractivity contribution is -0.143. The standard InChI is InChI=1S/C11H13F2NO2/c1-2-16-10(15)6-3-7-9(14)5-4-8(12)11(7)13/h4-5H,2-3,6,14H2,1H3. The van der Waals surface area contributed by atoms with Crippen molar-refractivity contribution < 1.29 is 18.3 Å². The maximum Gasteiger partial charge on any atom is 0.306 e. The maximum atomic E-state index is 13.3. The Morgan fingerprint density at radius 1 is 1.44 bits per heavy atom. The number of ether oxygens (including phenoxy) is 1. The van der Waals surface area contributed by atoms with Gasteiger partial charge in [0.15, 0.2) is 11.6 Å². The molecule has 0 unspecified atom stereocenters. The van der Waals surface area contributed by atoms with Crippen molar-refractivity contribution in [2.75, 3.05) is 12.3 Å². The summed E-state index contributed by atoms with van der Waals surface area (Å²) in [4.78, 5) is 11.0. The lowest BCUT2D eigenvalue weighted by Gasteiger charge is -2.07. The van der Waals surface area contributed by atoms with Gasteiger partial charge in [-0.15, -0.1) is 0 Å². The van der Waals surface area contributed by atoms with E-state index in [0.29, 0.717) is 0 Å². The van der Waals surface area contributed by atoms with E-state index in [1.807, 2.05) is 0 Å². The number of nitrogen functional groups attached to an aromatic ring is 1. The molecule has 0 saturated carbocycles. The van der Waals surface area contributed by atoms with Gasteiger partial charge in [-0.3, -0.25) is 4.79 Å². The summed E-state index contributed by atoms with van der Waals surface area (Å²) < 4.78 is 30.9. The van der Waals surface area contributed by atoms with Gasteiger partial charge in [-0.1, -0.05) is 0 Å². The molecule has 0 atom stereocenters. The molecule has 0 aliphatic heterocycles. The van der Waals surface area contributed by atoms with Crippen molar-refractivity contribution in [2.24, 2.45) is 0 Å². The van der Waals surface area contributed by atoms with Crippen molar-refractivity contribution in [1.29, 1.82) is 0 Å². The van der Waals surface area contributed by atoms with Crippen molar-refractivity contribution in [2.45, 2.75) is 19.8 Å². The van der Waals surface area contributed by atoms with Gasteiger partial charge in [-0.05, 0) is 25.5 Å². The molecular formula is C11H13F2NO2. The second-order valence-electron chi connectivity index (χ2n) is 3.23. The molecule has 5 heteroatoms. The van der Waals surface area contributed by atoms with Crippen LogP contribution >= 0.6 is 0 Å². The van der Waals surface area contributed by atoms with Crippen LogP contribution < -0.4 is 5.73 Å². The van der Waals surface area contributed by atoms with Crippen LogP contribution in [0.3, 0.4) is 0 Å². The second kappa shape index (κ2) is 5.44. The maximum absolute atomic E-state index is 13.3. The smallest absolute Gasteiger partial charge is 0.306 e. The third kappa shape index (κ3) is 2.92. The van der Waals surface area contributed by atoms with Crippen LogP contribution in [0.5, 0.6) is 0 Å². The van der Waals surface area contributed by atoms with Crippen LogP contribution in [0.2, 0.25) is 0 Å². The van der Waals surface area contributed by atoms with Gasteiger partial charge < -0.3 is 10.5 Å². The lowest BCUT2D eigenvalue weighted by atomic mass is 10.1. The monoisotopic (exact) mass is 229 g/mol. The number of hydrogen-bond acceptors (Lipinski definition) is 3. The van der Waals surface area contributed by atoms with Gasteiger partial charge in [0.1, 0.15) is 0 Å². The first-order valence-corrected chi connectivity index (χ1v) is 4.94. The van der Waals surface area contributed by atoms with E-state index >= 15 is 0 Å². The van der Waals surface area contributed by atoms with Crippen LogP contribution in [0.4, 0.5) is 14.5 Å². The molecular weight excluding hydrogens is 216 g/mol. The number of rotatable bonds is 4.